The van der Waals surface area contributed by atoms with Gasteiger partial charge in [0.15, 0.2) is 5.69 Å². The lowest BCUT2D eigenvalue weighted by atomic mass is 10.2. The average Bonchev–Trinajstić information content (AvgIpc) is 3.28. The molecule has 1 saturated heterocycles. The number of aliphatic hydroxyl groups excluding tert-OH is 1. The molecular formula is C20H25N7O2. The number of amides is 1. The fraction of sp³-hybridized carbons (Fsp3) is 0.400. The van der Waals surface area contributed by atoms with E-state index in [9.17, 15) is 9.90 Å². The fourth-order valence-electron chi connectivity index (χ4n) is 3.81. The number of pyridine rings is 1. The smallest absolute Gasteiger partial charge is 0.272 e. The van der Waals surface area contributed by atoms with Crippen LogP contribution < -0.4 is 15.1 Å². The van der Waals surface area contributed by atoms with Crippen LogP contribution >= 0.6 is 0 Å². The van der Waals surface area contributed by atoms with Crippen LogP contribution in [-0.2, 0) is 7.05 Å². The normalized spacial score (nSPS) is 19.0. The average molecular weight is 395 g/mol. The van der Waals surface area contributed by atoms with Crippen LogP contribution in [0.5, 0.6) is 0 Å². The zero-order chi connectivity index (χ0) is 20.5. The summed E-state index contributed by atoms with van der Waals surface area (Å²) in [5.74, 6) is 1.30. The number of nitrogens with one attached hydrogen (secondary N) is 1. The van der Waals surface area contributed by atoms with Crippen molar-refractivity contribution in [3.8, 4) is 0 Å². The van der Waals surface area contributed by atoms with Crippen LogP contribution in [0.3, 0.4) is 0 Å². The van der Waals surface area contributed by atoms with Gasteiger partial charge in [-0.05, 0) is 18.6 Å². The third-order valence-corrected chi connectivity index (χ3v) is 5.28. The van der Waals surface area contributed by atoms with Gasteiger partial charge in [0.2, 0.25) is 0 Å². The minimum absolute atomic E-state index is 0.0634. The van der Waals surface area contributed by atoms with Crippen molar-refractivity contribution in [1.82, 2.24) is 24.8 Å². The van der Waals surface area contributed by atoms with Crippen molar-refractivity contribution in [2.45, 2.75) is 18.6 Å². The van der Waals surface area contributed by atoms with E-state index in [0.717, 1.165) is 22.5 Å². The number of hydrogen-bond donors (Lipinski definition) is 2. The molecule has 2 N–H and O–H groups in total. The molecule has 9 nitrogen and oxygen atoms in total. The number of fused-ring (bicyclic) bond motifs is 1. The summed E-state index contributed by atoms with van der Waals surface area (Å²) in [6.45, 7) is 0.857. The Hall–Kier alpha value is -3.20. The molecule has 0 radical (unpaired) electrons. The van der Waals surface area contributed by atoms with E-state index in [0.29, 0.717) is 25.2 Å². The van der Waals surface area contributed by atoms with E-state index in [4.69, 9.17) is 0 Å². The Labute approximate surface area is 169 Å². The highest BCUT2D eigenvalue weighted by Crippen LogP contribution is 2.26. The van der Waals surface area contributed by atoms with Crippen LogP contribution in [0.4, 0.5) is 11.6 Å². The van der Waals surface area contributed by atoms with Crippen LogP contribution in [0, 0.1) is 0 Å². The molecule has 4 heterocycles. The van der Waals surface area contributed by atoms with Gasteiger partial charge in [-0.25, -0.2) is 15.0 Å². The number of hydrogen-bond acceptors (Lipinski definition) is 7. The van der Waals surface area contributed by atoms with Gasteiger partial charge in [0.25, 0.3) is 5.91 Å². The largest absolute Gasteiger partial charge is 0.391 e. The summed E-state index contributed by atoms with van der Waals surface area (Å²) in [7, 11) is 5.73. The predicted molar refractivity (Wildman–Crippen MR) is 111 cm³/mol. The van der Waals surface area contributed by atoms with E-state index in [1.54, 1.807) is 6.20 Å². The number of aliphatic hydroxyl groups is 1. The molecule has 29 heavy (non-hydrogen) atoms. The standard InChI is InChI=1S/C20H25N7O2/c1-25(2)16-9-17(24-12-23-16)27-11-15(28)8-14(27)10-22-20(29)18-19-13(4-6-21-18)5-7-26(19)3/h4-7,9,12,14-15,28H,8,10-11H2,1-3H3,(H,22,29)/t14-,15-/m1/s1. The summed E-state index contributed by atoms with van der Waals surface area (Å²) in [5.41, 5.74) is 1.21. The first-order chi connectivity index (χ1) is 13.9. The number of nitrogens with zero attached hydrogens (tertiary/aromatic N) is 6. The van der Waals surface area contributed by atoms with Gasteiger partial charge in [0.1, 0.15) is 18.0 Å². The molecule has 0 saturated carbocycles. The lowest BCUT2D eigenvalue weighted by Crippen LogP contribution is -2.41. The molecule has 4 rings (SSSR count). The van der Waals surface area contributed by atoms with Gasteiger partial charge < -0.3 is 24.8 Å². The summed E-state index contributed by atoms with van der Waals surface area (Å²) in [5, 5.41) is 14.2. The second kappa shape index (κ2) is 7.67. The molecule has 2 atom stereocenters. The highest BCUT2D eigenvalue weighted by Gasteiger charge is 2.32. The van der Waals surface area contributed by atoms with Crippen LogP contribution in [0.1, 0.15) is 16.9 Å². The van der Waals surface area contributed by atoms with E-state index in [2.05, 4.69) is 20.3 Å². The number of aryl methyl sites for hydroxylation is 1. The monoisotopic (exact) mass is 395 g/mol. The Morgan fingerprint density at radius 3 is 2.93 bits per heavy atom. The van der Waals surface area contributed by atoms with Crippen LogP contribution in [0.2, 0.25) is 0 Å². The number of carbonyl (C=O) groups excluding carboxylic acids is 1. The number of anilines is 2. The number of aromatic nitrogens is 4. The molecule has 152 valence electrons. The van der Waals surface area contributed by atoms with Gasteiger partial charge in [-0.3, -0.25) is 4.79 Å². The van der Waals surface area contributed by atoms with Gasteiger partial charge in [-0.1, -0.05) is 0 Å². The Bertz CT molecular complexity index is 1030. The van der Waals surface area contributed by atoms with Gasteiger partial charge in [0.05, 0.1) is 17.7 Å². The van der Waals surface area contributed by atoms with Crippen LogP contribution in [-0.4, -0.2) is 69.9 Å². The minimum Gasteiger partial charge on any atom is -0.391 e. The Morgan fingerprint density at radius 1 is 1.31 bits per heavy atom. The second-order valence-corrected chi connectivity index (χ2v) is 7.56. The van der Waals surface area contributed by atoms with Crippen LogP contribution in [0.25, 0.3) is 10.9 Å². The lowest BCUT2D eigenvalue weighted by molar-refractivity contribution is 0.0946. The molecule has 1 fully saturated rings. The molecule has 0 aromatic carbocycles. The van der Waals surface area contributed by atoms with Crippen molar-refractivity contribution in [3.63, 3.8) is 0 Å². The van der Waals surface area contributed by atoms with E-state index in [1.165, 1.54) is 6.33 Å². The molecule has 0 unspecified atom stereocenters. The van der Waals surface area contributed by atoms with E-state index >= 15 is 0 Å². The van der Waals surface area contributed by atoms with Crippen LogP contribution in [0.15, 0.2) is 36.9 Å². The van der Waals surface area contributed by atoms with Crippen molar-refractivity contribution in [2.75, 3.05) is 37.0 Å². The number of carbonyl (C=O) groups is 1. The zero-order valence-corrected chi connectivity index (χ0v) is 16.8. The molecule has 3 aromatic heterocycles. The Kier molecular flexibility index (Phi) is 5.06. The van der Waals surface area contributed by atoms with E-state index in [-0.39, 0.29) is 11.9 Å². The molecule has 1 aliphatic heterocycles. The molecule has 0 aliphatic carbocycles. The van der Waals surface area contributed by atoms with Gasteiger partial charge in [-0.15, -0.1) is 0 Å². The lowest BCUT2D eigenvalue weighted by Gasteiger charge is -2.26. The Morgan fingerprint density at radius 2 is 2.14 bits per heavy atom. The van der Waals surface area contributed by atoms with Crippen molar-refractivity contribution >= 4 is 28.4 Å². The maximum absolute atomic E-state index is 12.8. The maximum Gasteiger partial charge on any atom is 0.272 e. The highest BCUT2D eigenvalue weighted by atomic mass is 16.3. The molecule has 0 spiro atoms. The van der Waals surface area contributed by atoms with Crippen molar-refractivity contribution < 1.29 is 9.90 Å². The predicted octanol–water partition coefficient (Wildman–Crippen LogP) is 0.799. The first-order valence-electron chi connectivity index (χ1n) is 9.56. The zero-order valence-electron chi connectivity index (χ0n) is 16.8. The molecule has 3 aromatic rings. The maximum atomic E-state index is 12.8. The fourth-order valence-corrected chi connectivity index (χ4v) is 3.81. The van der Waals surface area contributed by atoms with E-state index < -0.39 is 6.10 Å². The SMILES string of the molecule is CN(C)c1cc(N2C[C@H](O)C[C@@H]2CNC(=O)c2nccc3ccn(C)c23)ncn1. The third-order valence-electron chi connectivity index (χ3n) is 5.28. The van der Waals surface area contributed by atoms with Gasteiger partial charge in [0, 0.05) is 58.1 Å². The molecule has 9 heteroatoms. The first kappa shape index (κ1) is 19.1. The Balaban J connectivity index is 1.51. The highest BCUT2D eigenvalue weighted by molar-refractivity contribution is 6.04. The molecular weight excluding hydrogens is 370 g/mol. The van der Waals surface area contributed by atoms with E-state index in [1.807, 2.05) is 59.9 Å². The van der Waals surface area contributed by atoms with Gasteiger partial charge >= 0.3 is 0 Å². The summed E-state index contributed by atoms with van der Waals surface area (Å²) in [6, 6.07) is 5.67. The van der Waals surface area contributed by atoms with Gasteiger partial charge in [-0.2, -0.15) is 0 Å². The summed E-state index contributed by atoms with van der Waals surface area (Å²) in [4.78, 5) is 29.7. The second-order valence-electron chi connectivity index (χ2n) is 7.56. The van der Waals surface area contributed by atoms with Crippen molar-refractivity contribution in [2.24, 2.45) is 7.05 Å². The summed E-state index contributed by atoms with van der Waals surface area (Å²) in [6.07, 6.45) is 5.17. The first-order valence-corrected chi connectivity index (χ1v) is 9.56. The van der Waals surface area contributed by atoms with Crippen molar-refractivity contribution in [1.29, 1.82) is 0 Å². The molecule has 1 aliphatic rings. The molecule has 1 amide bonds. The summed E-state index contributed by atoms with van der Waals surface area (Å²) >= 11 is 0. The topological polar surface area (TPSA) is 99.4 Å². The number of rotatable bonds is 5. The molecule has 0 bridgehead atoms. The minimum atomic E-state index is -0.468. The van der Waals surface area contributed by atoms with Crippen molar-refractivity contribution in [3.05, 3.63) is 42.6 Å². The quantitative estimate of drug-likeness (QED) is 0.659. The number of β-amino-alcohol motifs (C(OH)–C–C–N with tert-alkyl or cyclic N) is 1. The summed E-state index contributed by atoms with van der Waals surface area (Å²) < 4.78 is 1.90. The third kappa shape index (κ3) is 3.73.